The van der Waals surface area contributed by atoms with Gasteiger partial charge in [-0.3, -0.25) is 15.1 Å². The number of hydrogen-bond acceptors (Lipinski definition) is 5. The number of aromatic hydroxyl groups is 1. The maximum atomic E-state index is 11.0. The monoisotopic (exact) mass is 351 g/mol. The van der Waals surface area contributed by atoms with Crippen molar-refractivity contribution in [3.8, 4) is 5.75 Å². The van der Waals surface area contributed by atoms with Gasteiger partial charge in [0.05, 0.1) is 17.2 Å². The van der Waals surface area contributed by atoms with E-state index in [1.54, 1.807) is 25.1 Å². The minimum Gasteiger partial charge on any atom is -0.506 e. The van der Waals surface area contributed by atoms with Crippen LogP contribution in [0, 0.1) is 24.0 Å². The van der Waals surface area contributed by atoms with Gasteiger partial charge in [-0.2, -0.15) is 0 Å². The zero-order valence-corrected chi connectivity index (χ0v) is 13.1. The molecule has 0 unspecified atom stereocenters. The Morgan fingerprint density at radius 3 is 2.76 bits per heavy atom. The maximum Gasteiger partial charge on any atom is 0.274 e. The highest BCUT2D eigenvalue weighted by Gasteiger charge is 2.14. The van der Waals surface area contributed by atoms with Gasteiger partial charge in [-0.1, -0.05) is 0 Å². The van der Waals surface area contributed by atoms with Crippen LogP contribution in [0.4, 0.5) is 11.4 Å². The van der Waals surface area contributed by atoms with Crippen LogP contribution in [0.3, 0.4) is 0 Å². The maximum absolute atomic E-state index is 11.0. The summed E-state index contributed by atoms with van der Waals surface area (Å²) in [5.41, 5.74) is 2.48. The van der Waals surface area contributed by atoms with Gasteiger partial charge in [0, 0.05) is 21.8 Å². The normalized spacial score (nSPS) is 10.4. The fourth-order valence-electron chi connectivity index (χ4n) is 1.91. The molecule has 2 N–H and O–H groups in total. The first kappa shape index (κ1) is 15.2. The van der Waals surface area contributed by atoms with Crippen molar-refractivity contribution >= 4 is 27.3 Å². The molecule has 1 aromatic carbocycles. The Morgan fingerprint density at radius 2 is 2.10 bits per heavy atom. The molecular formula is C14H14BrN3O3. The molecule has 0 fully saturated rings. The van der Waals surface area contributed by atoms with E-state index in [1.807, 2.05) is 6.92 Å². The molecule has 0 aliphatic heterocycles. The van der Waals surface area contributed by atoms with Crippen LogP contribution in [0.1, 0.15) is 17.0 Å². The topological polar surface area (TPSA) is 88.3 Å². The molecule has 110 valence electrons. The number of nitrogens with zero attached hydrogens (tertiary/aromatic N) is 2. The van der Waals surface area contributed by atoms with E-state index in [0.29, 0.717) is 16.9 Å². The van der Waals surface area contributed by atoms with Crippen molar-refractivity contribution in [1.29, 1.82) is 0 Å². The van der Waals surface area contributed by atoms with E-state index in [2.05, 4.69) is 26.2 Å². The Hall–Kier alpha value is -2.15. The van der Waals surface area contributed by atoms with E-state index >= 15 is 0 Å². The van der Waals surface area contributed by atoms with Crippen LogP contribution >= 0.6 is 15.9 Å². The number of nitro benzene ring substituents is 1. The van der Waals surface area contributed by atoms with Gasteiger partial charge in [0.25, 0.3) is 5.69 Å². The number of pyridine rings is 1. The number of benzene rings is 1. The number of aryl methyl sites for hydroxylation is 2. The third-order valence-corrected chi connectivity index (χ3v) is 3.67. The summed E-state index contributed by atoms with van der Waals surface area (Å²) in [6.07, 6.45) is 0. The van der Waals surface area contributed by atoms with Crippen LogP contribution in [0.2, 0.25) is 0 Å². The van der Waals surface area contributed by atoms with Gasteiger partial charge in [-0.15, -0.1) is 0 Å². The Balaban J connectivity index is 2.25. The molecule has 0 aliphatic carbocycles. The van der Waals surface area contributed by atoms with Gasteiger partial charge in [-0.05, 0) is 48.0 Å². The van der Waals surface area contributed by atoms with E-state index in [9.17, 15) is 15.2 Å². The van der Waals surface area contributed by atoms with Crippen LogP contribution in [-0.2, 0) is 6.54 Å². The summed E-state index contributed by atoms with van der Waals surface area (Å²) in [7, 11) is 0. The van der Waals surface area contributed by atoms with E-state index in [0.717, 1.165) is 10.2 Å². The van der Waals surface area contributed by atoms with Crippen molar-refractivity contribution in [2.45, 2.75) is 20.4 Å². The molecule has 0 bridgehead atoms. The van der Waals surface area contributed by atoms with Crippen molar-refractivity contribution in [2.75, 3.05) is 5.32 Å². The first-order valence-corrected chi connectivity index (χ1v) is 7.01. The summed E-state index contributed by atoms with van der Waals surface area (Å²) < 4.78 is 0.720. The van der Waals surface area contributed by atoms with E-state index < -0.39 is 4.92 Å². The number of nitrogens with one attached hydrogen (secondary N) is 1. The molecule has 0 aliphatic rings. The molecule has 0 radical (unpaired) electrons. The SMILES string of the molecule is Cc1ccc(O)c(CNc2cc([N+](=O)[O-])c(C)cc2Br)n1. The number of hydrogen-bond donors (Lipinski definition) is 2. The molecule has 2 aromatic rings. The summed E-state index contributed by atoms with van der Waals surface area (Å²) in [6, 6.07) is 6.44. The molecule has 0 atom stereocenters. The van der Waals surface area contributed by atoms with Crippen LogP contribution in [0.5, 0.6) is 5.75 Å². The summed E-state index contributed by atoms with van der Waals surface area (Å²) >= 11 is 3.37. The third-order valence-electron chi connectivity index (χ3n) is 3.02. The zero-order valence-electron chi connectivity index (χ0n) is 11.6. The molecule has 21 heavy (non-hydrogen) atoms. The second-order valence-electron chi connectivity index (χ2n) is 4.65. The van der Waals surface area contributed by atoms with Crippen molar-refractivity contribution < 1.29 is 10.0 Å². The molecule has 7 heteroatoms. The number of aromatic nitrogens is 1. The van der Waals surface area contributed by atoms with Crippen LogP contribution in [0.15, 0.2) is 28.7 Å². The quantitative estimate of drug-likeness (QED) is 0.647. The molecule has 2 rings (SSSR count). The highest BCUT2D eigenvalue weighted by Crippen LogP contribution is 2.31. The number of anilines is 1. The van der Waals surface area contributed by atoms with Crippen LogP contribution in [-0.4, -0.2) is 15.0 Å². The first-order chi connectivity index (χ1) is 9.88. The van der Waals surface area contributed by atoms with Crippen LogP contribution in [0.25, 0.3) is 0 Å². The third kappa shape index (κ3) is 3.49. The van der Waals surface area contributed by atoms with Gasteiger partial charge in [0.15, 0.2) is 0 Å². The molecule has 1 aromatic heterocycles. The van der Waals surface area contributed by atoms with Crippen LogP contribution < -0.4 is 5.32 Å². The molecule has 1 heterocycles. The summed E-state index contributed by atoms with van der Waals surface area (Å²) in [5, 5.41) is 23.8. The van der Waals surface area contributed by atoms with Crippen molar-refractivity contribution in [3.63, 3.8) is 0 Å². The molecule has 0 saturated heterocycles. The molecule has 0 amide bonds. The average Bonchev–Trinajstić information content (AvgIpc) is 2.41. The molecule has 6 nitrogen and oxygen atoms in total. The number of nitro groups is 1. The Morgan fingerprint density at radius 1 is 1.38 bits per heavy atom. The van der Waals surface area contributed by atoms with E-state index in [1.165, 1.54) is 6.07 Å². The number of rotatable bonds is 4. The van der Waals surface area contributed by atoms with Gasteiger partial charge in [0.2, 0.25) is 0 Å². The Labute approximate surface area is 130 Å². The number of halogens is 1. The van der Waals surface area contributed by atoms with E-state index in [-0.39, 0.29) is 18.0 Å². The molecule has 0 spiro atoms. The smallest absolute Gasteiger partial charge is 0.274 e. The van der Waals surface area contributed by atoms with Crippen molar-refractivity contribution in [2.24, 2.45) is 0 Å². The molecule has 0 saturated carbocycles. The predicted octanol–water partition coefficient (Wildman–Crippen LogP) is 3.69. The second-order valence-corrected chi connectivity index (χ2v) is 5.50. The van der Waals surface area contributed by atoms with Crippen molar-refractivity contribution in [1.82, 2.24) is 4.98 Å². The lowest BCUT2D eigenvalue weighted by Crippen LogP contribution is -2.04. The predicted molar refractivity (Wildman–Crippen MR) is 83.5 cm³/mol. The van der Waals surface area contributed by atoms with Gasteiger partial charge in [-0.25, -0.2) is 0 Å². The first-order valence-electron chi connectivity index (χ1n) is 6.22. The summed E-state index contributed by atoms with van der Waals surface area (Å²) in [4.78, 5) is 14.8. The summed E-state index contributed by atoms with van der Waals surface area (Å²) in [5.74, 6) is 0.0887. The van der Waals surface area contributed by atoms with Gasteiger partial charge >= 0.3 is 0 Å². The highest BCUT2D eigenvalue weighted by atomic mass is 79.9. The second kappa shape index (κ2) is 6.09. The Kier molecular flexibility index (Phi) is 4.42. The fraction of sp³-hybridized carbons (Fsp3) is 0.214. The fourth-order valence-corrected chi connectivity index (χ4v) is 2.50. The summed E-state index contributed by atoms with van der Waals surface area (Å²) in [6.45, 7) is 3.78. The highest BCUT2D eigenvalue weighted by molar-refractivity contribution is 9.10. The standard InChI is InChI=1S/C14H14BrN3O3/c1-8-5-10(15)11(6-13(8)18(20)21)16-7-12-14(19)4-3-9(2)17-12/h3-6,16,19H,7H2,1-2H3. The van der Waals surface area contributed by atoms with Gasteiger partial charge < -0.3 is 10.4 Å². The minimum atomic E-state index is -0.421. The lowest BCUT2D eigenvalue weighted by Gasteiger charge is -2.11. The van der Waals surface area contributed by atoms with E-state index in [4.69, 9.17) is 0 Å². The minimum absolute atomic E-state index is 0.0436. The largest absolute Gasteiger partial charge is 0.506 e. The van der Waals surface area contributed by atoms with Gasteiger partial charge in [0.1, 0.15) is 11.4 Å². The zero-order chi connectivity index (χ0) is 15.6. The lowest BCUT2D eigenvalue weighted by molar-refractivity contribution is -0.385. The van der Waals surface area contributed by atoms with Crippen molar-refractivity contribution in [3.05, 3.63) is 55.8 Å². The average molecular weight is 352 g/mol. The molecular weight excluding hydrogens is 338 g/mol. The lowest BCUT2D eigenvalue weighted by atomic mass is 10.2. The Bertz CT molecular complexity index is 704.